The topological polar surface area (TPSA) is 66.4 Å². The number of carbonyl (C=O) groups is 2. The standard InChI is InChI=1S/C15H19NO3/c1-10-4-11(6-12(5-10)9-17)7-14(15(18)19)13-2-3-16-8-13/h4-6,9,13-14,16H,2-3,7-8H2,1H3,(H,18,19)/t13-,14-/m0/s1. The maximum Gasteiger partial charge on any atom is 0.307 e. The molecule has 1 saturated heterocycles. The highest BCUT2D eigenvalue weighted by Gasteiger charge is 2.30. The van der Waals surface area contributed by atoms with E-state index >= 15 is 0 Å². The van der Waals surface area contributed by atoms with Gasteiger partial charge in [-0.05, 0) is 56.5 Å². The predicted octanol–water partition coefficient (Wildman–Crippen LogP) is 1.66. The molecule has 0 saturated carbocycles. The second-order valence-corrected chi connectivity index (χ2v) is 5.27. The summed E-state index contributed by atoms with van der Waals surface area (Å²) in [5.74, 6) is -0.947. The molecule has 1 aromatic carbocycles. The Balaban J connectivity index is 2.18. The third-order valence-corrected chi connectivity index (χ3v) is 3.74. The third-order valence-electron chi connectivity index (χ3n) is 3.74. The van der Waals surface area contributed by atoms with Gasteiger partial charge in [0.15, 0.2) is 0 Å². The van der Waals surface area contributed by atoms with Crippen LogP contribution in [-0.2, 0) is 11.2 Å². The van der Waals surface area contributed by atoms with E-state index in [1.165, 1.54) is 0 Å². The molecule has 0 amide bonds. The first-order valence-electron chi connectivity index (χ1n) is 6.59. The van der Waals surface area contributed by atoms with E-state index < -0.39 is 5.97 Å². The molecule has 102 valence electrons. The molecule has 4 heteroatoms. The lowest BCUT2D eigenvalue weighted by atomic mass is 9.85. The summed E-state index contributed by atoms with van der Waals surface area (Å²) in [6.07, 6.45) is 2.21. The van der Waals surface area contributed by atoms with Crippen LogP contribution in [0.5, 0.6) is 0 Å². The second kappa shape index (κ2) is 5.97. The van der Waals surface area contributed by atoms with E-state index in [9.17, 15) is 14.7 Å². The average molecular weight is 261 g/mol. The molecule has 1 aliphatic heterocycles. The van der Waals surface area contributed by atoms with Gasteiger partial charge in [-0.15, -0.1) is 0 Å². The van der Waals surface area contributed by atoms with Gasteiger partial charge < -0.3 is 10.4 Å². The number of hydrogen-bond acceptors (Lipinski definition) is 3. The first-order valence-corrected chi connectivity index (χ1v) is 6.59. The van der Waals surface area contributed by atoms with Crippen molar-refractivity contribution >= 4 is 12.3 Å². The van der Waals surface area contributed by atoms with Crippen LogP contribution in [0.15, 0.2) is 18.2 Å². The van der Waals surface area contributed by atoms with Gasteiger partial charge in [0.2, 0.25) is 0 Å². The molecule has 2 atom stereocenters. The largest absolute Gasteiger partial charge is 0.481 e. The minimum Gasteiger partial charge on any atom is -0.481 e. The van der Waals surface area contributed by atoms with Gasteiger partial charge in [0, 0.05) is 5.56 Å². The van der Waals surface area contributed by atoms with E-state index in [4.69, 9.17) is 0 Å². The summed E-state index contributed by atoms with van der Waals surface area (Å²) in [6.45, 7) is 3.58. The summed E-state index contributed by atoms with van der Waals surface area (Å²) >= 11 is 0. The number of carboxylic acid groups (broad SMARTS) is 1. The second-order valence-electron chi connectivity index (χ2n) is 5.27. The fourth-order valence-corrected chi connectivity index (χ4v) is 2.81. The van der Waals surface area contributed by atoms with Gasteiger partial charge in [-0.25, -0.2) is 0 Å². The Morgan fingerprint density at radius 3 is 2.89 bits per heavy atom. The molecule has 0 aromatic heterocycles. The number of aryl methyl sites for hydroxylation is 1. The number of benzene rings is 1. The maximum atomic E-state index is 11.4. The van der Waals surface area contributed by atoms with Crippen molar-refractivity contribution in [2.75, 3.05) is 13.1 Å². The van der Waals surface area contributed by atoms with Gasteiger partial charge in [-0.1, -0.05) is 11.6 Å². The van der Waals surface area contributed by atoms with Gasteiger partial charge in [0.25, 0.3) is 0 Å². The van der Waals surface area contributed by atoms with Crippen LogP contribution in [0.4, 0.5) is 0 Å². The Hall–Kier alpha value is -1.68. The third kappa shape index (κ3) is 3.41. The molecule has 4 nitrogen and oxygen atoms in total. The molecule has 0 spiro atoms. The predicted molar refractivity (Wildman–Crippen MR) is 72.4 cm³/mol. The number of aliphatic carboxylic acids is 1. The Morgan fingerprint density at radius 2 is 2.32 bits per heavy atom. The summed E-state index contributed by atoms with van der Waals surface area (Å²) in [5.41, 5.74) is 2.54. The molecular formula is C15H19NO3. The van der Waals surface area contributed by atoms with E-state index in [2.05, 4.69) is 5.32 Å². The van der Waals surface area contributed by atoms with Gasteiger partial charge >= 0.3 is 5.97 Å². The van der Waals surface area contributed by atoms with Crippen molar-refractivity contribution in [1.29, 1.82) is 0 Å². The van der Waals surface area contributed by atoms with Crippen molar-refractivity contribution < 1.29 is 14.7 Å². The van der Waals surface area contributed by atoms with E-state index in [0.29, 0.717) is 12.0 Å². The number of rotatable bonds is 5. The zero-order valence-corrected chi connectivity index (χ0v) is 11.1. The summed E-state index contributed by atoms with van der Waals surface area (Å²) in [4.78, 5) is 22.3. The fraction of sp³-hybridized carbons (Fsp3) is 0.467. The SMILES string of the molecule is Cc1cc(C=O)cc(C[C@H](C(=O)O)[C@H]2CCNC2)c1. The smallest absolute Gasteiger partial charge is 0.307 e. The lowest BCUT2D eigenvalue weighted by Gasteiger charge is -2.19. The van der Waals surface area contributed by atoms with Gasteiger partial charge in [0.1, 0.15) is 6.29 Å². The quantitative estimate of drug-likeness (QED) is 0.791. The normalized spacial score (nSPS) is 20.2. The number of carboxylic acids is 1. The highest BCUT2D eigenvalue weighted by molar-refractivity contribution is 5.76. The van der Waals surface area contributed by atoms with E-state index in [1.807, 2.05) is 19.1 Å². The van der Waals surface area contributed by atoms with Crippen LogP contribution in [0.3, 0.4) is 0 Å². The molecule has 1 aliphatic rings. The summed E-state index contributed by atoms with van der Waals surface area (Å²) < 4.78 is 0. The van der Waals surface area contributed by atoms with Crippen LogP contribution in [0.2, 0.25) is 0 Å². The van der Waals surface area contributed by atoms with E-state index in [0.717, 1.165) is 36.9 Å². The van der Waals surface area contributed by atoms with E-state index in [-0.39, 0.29) is 11.8 Å². The van der Waals surface area contributed by atoms with Crippen LogP contribution in [0.25, 0.3) is 0 Å². The lowest BCUT2D eigenvalue weighted by molar-refractivity contribution is -0.143. The maximum absolute atomic E-state index is 11.4. The number of nitrogens with one attached hydrogen (secondary N) is 1. The molecule has 0 aliphatic carbocycles. The van der Waals surface area contributed by atoms with Crippen LogP contribution < -0.4 is 5.32 Å². The van der Waals surface area contributed by atoms with Crippen LogP contribution in [0.1, 0.15) is 27.9 Å². The van der Waals surface area contributed by atoms with Gasteiger partial charge in [0.05, 0.1) is 5.92 Å². The Bertz CT molecular complexity index is 478. The van der Waals surface area contributed by atoms with Crippen molar-refractivity contribution in [3.05, 3.63) is 34.9 Å². The van der Waals surface area contributed by atoms with E-state index in [1.54, 1.807) is 6.07 Å². The Labute approximate surface area is 112 Å². The molecule has 0 radical (unpaired) electrons. The van der Waals surface area contributed by atoms with Crippen LogP contribution in [0, 0.1) is 18.8 Å². The van der Waals surface area contributed by atoms with Crippen molar-refractivity contribution in [1.82, 2.24) is 5.32 Å². The molecule has 2 N–H and O–H groups in total. The minimum atomic E-state index is -0.747. The number of aldehydes is 1. The van der Waals surface area contributed by atoms with Crippen molar-refractivity contribution in [3.63, 3.8) is 0 Å². The zero-order chi connectivity index (χ0) is 13.8. The summed E-state index contributed by atoms with van der Waals surface area (Å²) in [5, 5.41) is 12.6. The first kappa shape index (κ1) is 13.7. The molecule has 2 rings (SSSR count). The Kier molecular flexibility index (Phi) is 4.32. The monoisotopic (exact) mass is 261 g/mol. The van der Waals surface area contributed by atoms with Crippen molar-refractivity contribution in [3.8, 4) is 0 Å². The Morgan fingerprint density at radius 1 is 1.53 bits per heavy atom. The van der Waals surface area contributed by atoms with Crippen LogP contribution in [-0.4, -0.2) is 30.5 Å². The lowest BCUT2D eigenvalue weighted by Crippen LogP contribution is -2.27. The van der Waals surface area contributed by atoms with Gasteiger partial charge in [-0.2, -0.15) is 0 Å². The molecule has 1 aromatic rings. The highest BCUT2D eigenvalue weighted by Crippen LogP contribution is 2.24. The molecule has 1 heterocycles. The number of carbonyl (C=O) groups excluding carboxylic acids is 1. The minimum absolute atomic E-state index is 0.178. The summed E-state index contributed by atoms with van der Waals surface area (Å²) in [6, 6.07) is 5.56. The van der Waals surface area contributed by atoms with Crippen LogP contribution >= 0.6 is 0 Å². The number of hydrogen-bond donors (Lipinski definition) is 2. The summed E-state index contributed by atoms with van der Waals surface area (Å²) in [7, 11) is 0. The molecular weight excluding hydrogens is 242 g/mol. The van der Waals surface area contributed by atoms with Crippen molar-refractivity contribution in [2.24, 2.45) is 11.8 Å². The van der Waals surface area contributed by atoms with Gasteiger partial charge in [-0.3, -0.25) is 9.59 Å². The average Bonchev–Trinajstić information content (AvgIpc) is 2.88. The molecule has 19 heavy (non-hydrogen) atoms. The molecule has 0 unspecified atom stereocenters. The van der Waals surface area contributed by atoms with Crippen molar-refractivity contribution in [2.45, 2.75) is 19.8 Å². The zero-order valence-electron chi connectivity index (χ0n) is 11.1. The molecule has 0 bridgehead atoms. The highest BCUT2D eigenvalue weighted by atomic mass is 16.4. The fourth-order valence-electron chi connectivity index (χ4n) is 2.81. The first-order chi connectivity index (χ1) is 9.10. The molecule has 1 fully saturated rings.